The fourth-order valence-corrected chi connectivity index (χ4v) is 1.83. The summed E-state index contributed by atoms with van der Waals surface area (Å²) in [4.78, 5) is 11.8. The van der Waals surface area contributed by atoms with Gasteiger partial charge >= 0.3 is 0 Å². The van der Waals surface area contributed by atoms with Crippen molar-refractivity contribution in [3.8, 4) is 0 Å². The smallest absolute Gasteiger partial charge is 0.237 e. The second kappa shape index (κ2) is 7.29. The minimum absolute atomic E-state index is 0.0622. The van der Waals surface area contributed by atoms with E-state index in [4.69, 9.17) is 0 Å². The molecule has 3 heteroatoms. The lowest BCUT2D eigenvalue weighted by atomic mass is 10.1. The van der Waals surface area contributed by atoms with Gasteiger partial charge in [0.25, 0.3) is 0 Å². The van der Waals surface area contributed by atoms with Crippen LogP contribution in [0.15, 0.2) is 30.3 Å². The van der Waals surface area contributed by atoms with E-state index in [-0.39, 0.29) is 17.5 Å². The number of rotatable bonds is 6. The van der Waals surface area contributed by atoms with Crippen LogP contribution in [0.5, 0.6) is 0 Å². The van der Waals surface area contributed by atoms with Crippen molar-refractivity contribution in [2.45, 2.75) is 52.1 Å². The molecule has 1 atom stereocenters. The molecule has 0 saturated heterocycles. The summed E-state index contributed by atoms with van der Waals surface area (Å²) in [5.74, 6) is 0.0622. The zero-order valence-electron chi connectivity index (χ0n) is 12.5. The van der Waals surface area contributed by atoms with Crippen molar-refractivity contribution in [3.63, 3.8) is 0 Å². The molecular formula is C16H26N2O. The van der Waals surface area contributed by atoms with Gasteiger partial charge in [0.1, 0.15) is 0 Å². The number of benzene rings is 1. The average Bonchev–Trinajstić information content (AvgIpc) is 2.33. The number of hydrogen-bond acceptors (Lipinski definition) is 2. The molecular weight excluding hydrogens is 236 g/mol. The normalized spacial score (nSPS) is 13.1. The minimum atomic E-state index is -0.170. The Morgan fingerprint density at radius 1 is 1.21 bits per heavy atom. The lowest BCUT2D eigenvalue weighted by molar-refractivity contribution is -0.124. The van der Waals surface area contributed by atoms with Crippen molar-refractivity contribution in [2.75, 3.05) is 6.54 Å². The molecule has 106 valence electrons. The van der Waals surface area contributed by atoms with Crippen molar-refractivity contribution in [1.29, 1.82) is 0 Å². The zero-order valence-corrected chi connectivity index (χ0v) is 12.5. The number of amides is 1. The molecule has 0 aliphatic carbocycles. The van der Waals surface area contributed by atoms with E-state index in [1.165, 1.54) is 5.56 Å². The third-order valence-corrected chi connectivity index (χ3v) is 2.83. The van der Waals surface area contributed by atoms with E-state index < -0.39 is 0 Å². The fraction of sp³-hybridized carbons (Fsp3) is 0.562. The van der Waals surface area contributed by atoms with Crippen LogP contribution in [0.25, 0.3) is 0 Å². The summed E-state index contributed by atoms with van der Waals surface area (Å²) in [5, 5.41) is 6.24. The Morgan fingerprint density at radius 3 is 2.42 bits per heavy atom. The van der Waals surface area contributed by atoms with Gasteiger partial charge in [-0.25, -0.2) is 0 Å². The van der Waals surface area contributed by atoms with E-state index in [2.05, 4.69) is 34.9 Å². The highest BCUT2D eigenvalue weighted by Crippen LogP contribution is 2.02. The first-order valence-corrected chi connectivity index (χ1v) is 6.98. The van der Waals surface area contributed by atoms with Crippen LogP contribution in [-0.4, -0.2) is 24.0 Å². The Bertz CT molecular complexity index is 381. The van der Waals surface area contributed by atoms with Gasteiger partial charge in [0.15, 0.2) is 0 Å². The summed E-state index contributed by atoms with van der Waals surface area (Å²) in [7, 11) is 0. The maximum atomic E-state index is 11.8. The highest BCUT2D eigenvalue weighted by atomic mass is 16.2. The molecule has 0 aromatic heterocycles. The molecule has 0 saturated carbocycles. The Labute approximate surface area is 116 Å². The molecule has 0 spiro atoms. The Hall–Kier alpha value is -1.35. The highest BCUT2D eigenvalue weighted by molar-refractivity contribution is 5.81. The van der Waals surface area contributed by atoms with Gasteiger partial charge in [-0.05, 0) is 52.6 Å². The lowest BCUT2D eigenvalue weighted by Gasteiger charge is -2.23. The van der Waals surface area contributed by atoms with Gasteiger partial charge in [-0.1, -0.05) is 30.3 Å². The molecule has 1 aromatic rings. The molecule has 1 aromatic carbocycles. The summed E-state index contributed by atoms with van der Waals surface area (Å²) in [6.45, 7) is 8.74. The van der Waals surface area contributed by atoms with Crippen LogP contribution in [0.2, 0.25) is 0 Å². The van der Waals surface area contributed by atoms with Crippen LogP contribution in [-0.2, 0) is 11.2 Å². The first-order valence-electron chi connectivity index (χ1n) is 6.98. The van der Waals surface area contributed by atoms with E-state index in [1.54, 1.807) is 0 Å². The first kappa shape index (κ1) is 15.7. The molecule has 19 heavy (non-hydrogen) atoms. The minimum Gasteiger partial charge on any atom is -0.350 e. The van der Waals surface area contributed by atoms with E-state index >= 15 is 0 Å². The third-order valence-electron chi connectivity index (χ3n) is 2.83. The van der Waals surface area contributed by atoms with Gasteiger partial charge in [-0.15, -0.1) is 0 Å². The molecule has 0 radical (unpaired) electrons. The predicted molar refractivity (Wildman–Crippen MR) is 80.1 cm³/mol. The van der Waals surface area contributed by atoms with E-state index in [0.29, 0.717) is 0 Å². The van der Waals surface area contributed by atoms with Gasteiger partial charge in [0, 0.05) is 5.54 Å². The predicted octanol–water partition coefficient (Wildman–Crippen LogP) is 2.51. The Morgan fingerprint density at radius 2 is 1.84 bits per heavy atom. The van der Waals surface area contributed by atoms with Crippen LogP contribution in [0.1, 0.15) is 39.7 Å². The number of hydrogen-bond donors (Lipinski definition) is 2. The third kappa shape index (κ3) is 6.97. The molecule has 1 unspecified atom stereocenters. The van der Waals surface area contributed by atoms with Crippen molar-refractivity contribution in [1.82, 2.24) is 10.6 Å². The highest BCUT2D eigenvalue weighted by Gasteiger charge is 2.18. The maximum Gasteiger partial charge on any atom is 0.237 e. The topological polar surface area (TPSA) is 41.1 Å². The van der Waals surface area contributed by atoms with Crippen LogP contribution in [0, 0.1) is 0 Å². The quantitative estimate of drug-likeness (QED) is 0.773. The Kier molecular flexibility index (Phi) is 6.03. The van der Waals surface area contributed by atoms with Crippen LogP contribution < -0.4 is 10.6 Å². The van der Waals surface area contributed by atoms with Crippen molar-refractivity contribution in [3.05, 3.63) is 35.9 Å². The summed E-state index contributed by atoms with van der Waals surface area (Å²) in [6.07, 6.45) is 2.08. The summed E-state index contributed by atoms with van der Waals surface area (Å²) in [6, 6.07) is 10.3. The van der Waals surface area contributed by atoms with E-state index in [0.717, 1.165) is 19.4 Å². The molecule has 3 nitrogen and oxygen atoms in total. The standard InChI is InChI=1S/C16H26N2O/c1-13(15(19)18-16(2,3)4)17-12-8-11-14-9-6-5-7-10-14/h5-7,9-10,13,17H,8,11-12H2,1-4H3,(H,18,19). The van der Waals surface area contributed by atoms with E-state index in [1.807, 2.05) is 33.8 Å². The summed E-state index contributed by atoms with van der Waals surface area (Å²) >= 11 is 0. The molecule has 0 bridgehead atoms. The molecule has 0 aliphatic heterocycles. The van der Waals surface area contributed by atoms with Gasteiger partial charge in [0.2, 0.25) is 5.91 Å². The zero-order chi connectivity index (χ0) is 14.3. The van der Waals surface area contributed by atoms with Crippen molar-refractivity contribution >= 4 is 5.91 Å². The second-order valence-electron chi connectivity index (χ2n) is 6.00. The number of carbonyl (C=O) groups is 1. The fourth-order valence-electron chi connectivity index (χ4n) is 1.83. The lowest BCUT2D eigenvalue weighted by Crippen LogP contribution is -2.49. The van der Waals surface area contributed by atoms with Crippen molar-refractivity contribution in [2.24, 2.45) is 0 Å². The van der Waals surface area contributed by atoms with Crippen LogP contribution in [0.3, 0.4) is 0 Å². The Balaban J connectivity index is 2.20. The van der Waals surface area contributed by atoms with E-state index in [9.17, 15) is 4.79 Å². The van der Waals surface area contributed by atoms with Gasteiger partial charge in [0.05, 0.1) is 6.04 Å². The molecule has 2 N–H and O–H groups in total. The SMILES string of the molecule is CC(NCCCc1ccccc1)C(=O)NC(C)(C)C. The molecule has 0 fully saturated rings. The number of carbonyl (C=O) groups excluding carboxylic acids is 1. The largest absolute Gasteiger partial charge is 0.350 e. The molecule has 0 heterocycles. The van der Waals surface area contributed by atoms with Crippen LogP contribution in [0.4, 0.5) is 0 Å². The molecule has 0 aliphatic rings. The molecule has 1 amide bonds. The summed E-state index contributed by atoms with van der Waals surface area (Å²) in [5.41, 5.74) is 1.17. The summed E-state index contributed by atoms with van der Waals surface area (Å²) < 4.78 is 0. The maximum absolute atomic E-state index is 11.8. The van der Waals surface area contributed by atoms with Gasteiger partial charge < -0.3 is 10.6 Å². The van der Waals surface area contributed by atoms with Gasteiger partial charge in [-0.2, -0.15) is 0 Å². The monoisotopic (exact) mass is 262 g/mol. The number of nitrogens with one attached hydrogen (secondary N) is 2. The second-order valence-corrected chi connectivity index (χ2v) is 6.00. The van der Waals surface area contributed by atoms with Crippen molar-refractivity contribution < 1.29 is 4.79 Å². The average molecular weight is 262 g/mol. The number of aryl methyl sites for hydroxylation is 1. The first-order chi connectivity index (χ1) is 8.88. The van der Waals surface area contributed by atoms with Gasteiger partial charge in [-0.3, -0.25) is 4.79 Å². The van der Waals surface area contributed by atoms with Crippen LogP contribution >= 0.6 is 0 Å². The molecule has 1 rings (SSSR count).